The number of nitrogens with zero attached hydrogens (tertiary/aromatic N) is 2. The molecule has 5 heteroatoms. The molecule has 0 radical (unpaired) electrons. The Morgan fingerprint density at radius 1 is 1.38 bits per heavy atom. The minimum absolute atomic E-state index is 0.171. The summed E-state index contributed by atoms with van der Waals surface area (Å²) in [5.74, 6) is 5.69. The van der Waals surface area contributed by atoms with Gasteiger partial charge < -0.3 is 4.74 Å². The van der Waals surface area contributed by atoms with E-state index in [1.54, 1.807) is 6.20 Å². The zero-order valence-electron chi connectivity index (χ0n) is 11.7. The highest BCUT2D eigenvalue weighted by Crippen LogP contribution is 2.08. The van der Waals surface area contributed by atoms with E-state index in [1.807, 2.05) is 31.2 Å². The molecule has 1 aromatic carbocycles. The van der Waals surface area contributed by atoms with Gasteiger partial charge in [-0.25, -0.2) is 9.97 Å². The molecule has 0 aliphatic heterocycles. The summed E-state index contributed by atoms with van der Waals surface area (Å²) in [4.78, 5) is 19.2. The molecule has 2 rings (SSSR count). The highest BCUT2D eigenvalue weighted by molar-refractivity contribution is 6.28. The molecule has 21 heavy (non-hydrogen) atoms. The van der Waals surface area contributed by atoms with Gasteiger partial charge in [0.05, 0.1) is 13.5 Å². The maximum Gasteiger partial charge on any atom is 0.309 e. The molecule has 1 heterocycles. The number of benzene rings is 1. The van der Waals surface area contributed by atoms with Gasteiger partial charge in [0.1, 0.15) is 5.69 Å². The van der Waals surface area contributed by atoms with Crippen LogP contribution in [-0.4, -0.2) is 23.0 Å². The van der Waals surface area contributed by atoms with Crippen LogP contribution in [0.25, 0.3) is 0 Å². The first-order chi connectivity index (χ1) is 10.1. The van der Waals surface area contributed by atoms with Crippen LogP contribution < -0.4 is 0 Å². The van der Waals surface area contributed by atoms with Crippen molar-refractivity contribution in [3.05, 3.63) is 58.1 Å². The van der Waals surface area contributed by atoms with Crippen molar-refractivity contribution in [1.82, 2.24) is 9.97 Å². The standard InChI is InChI=1S/C16H13ClN2O2/c1-11-10-18-16(17)19-14(11)7-6-12-4-3-5-13(8-12)9-15(20)21-2/h3-5,8,10H,9H2,1-2H3. The van der Waals surface area contributed by atoms with Crippen molar-refractivity contribution in [2.75, 3.05) is 7.11 Å². The fourth-order valence-electron chi connectivity index (χ4n) is 1.68. The highest BCUT2D eigenvalue weighted by Gasteiger charge is 2.03. The fourth-order valence-corrected chi connectivity index (χ4v) is 1.81. The van der Waals surface area contributed by atoms with E-state index < -0.39 is 0 Å². The topological polar surface area (TPSA) is 52.1 Å². The molecule has 0 amide bonds. The molecule has 0 aliphatic carbocycles. The SMILES string of the molecule is COC(=O)Cc1cccc(C#Cc2nc(Cl)ncc2C)c1. The lowest BCUT2D eigenvalue weighted by molar-refractivity contribution is -0.139. The lowest BCUT2D eigenvalue weighted by Gasteiger charge is -2.00. The minimum Gasteiger partial charge on any atom is -0.469 e. The van der Waals surface area contributed by atoms with E-state index in [9.17, 15) is 4.79 Å². The summed E-state index contributed by atoms with van der Waals surface area (Å²) in [6.07, 6.45) is 1.86. The number of hydrogen-bond acceptors (Lipinski definition) is 4. The molecule has 0 saturated carbocycles. The van der Waals surface area contributed by atoms with Crippen LogP contribution in [0.5, 0.6) is 0 Å². The van der Waals surface area contributed by atoms with E-state index in [-0.39, 0.29) is 17.7 Å². The van der Waals surface area contributed by atoms with Gasteiger partial charge >= 0.3 is 5.97 Å². The quantitative estimate of drug-likeness (QED) is 0.486. The number of esters is 1. The molecule has 106 valence electrons. The molecule has 0 spiro atoms. The van der Waals surface area contributed by atoms with E-state index >= 15 is 0 Å². The van der Waals surface area contributed by atoms with Crippen molar-refractivity contribution in [2.45, 2.75) is 13.3 Å². The van der Waals surface area contributed by atoms with Crippen molar-refractivity contribution in [3.8, 4) is 11.8 Å². The zero-order chi connectivity index (χ0) is 15.2. The van der Waals surface area contributed by atoms with Gasteiger partial charge in [0.25, 0.3) is 0 Å². The minimum atomic E-state index is -0.279. The van der Waals surface area contributed by atoms with Gasteiger partial charge in [-0.2, -0.15) is 0 Å². The molecule has 0 fully saturated rings. The number of halogens is 1. The maximum absolute atomic E-state index is 11.3. The average molecular weight is 301 g/mol. The second-order valence-corrected chi connectivity index (χ2v) is 4.71. The third-order valence-electron chi connectivity index (χ3n) is 2.77. The number of hydrogen-bond donors (Lipinski definition) is 0. The van der Waals surface area contributed by atoms with Crippen molar-refractivity contribution < 1.29 is 9.53 Å². The summed E-state index contributed by atoms with van der Waals surface area (Å²) in [5, 5.41) is 0.171. The second kappa shape index (κ2) is 6.87. The molecule has 0 aliphatic rings. The predicted octanol–water partition coefficient (Wildman–Crippen LogP) is 2.55. The largest absolute Gasteiger partial charge is 0.469 e. The molecular weight excluding hydrogens is 288 g/mol. The molecule has 0 N–H and O–H groups in total. The number of carbonyl (C=O) groups is 1. The molecule has 4 nitrogen and oxygen atoms in total. The summed E-state index contributed by atoms with van der Waals surface area (Å²) >= 11 is 5.76. The first-order valence-corrected chi connectivity index (χ1v) is 6.63. The number of carbonyl (C=O) groups excluding carboxylic acids is 1. The van der Waals surface area contributed by atoms with E-state index in [0.717, 1.165) is 16.7 Å². The number of ether oxygens (including phenoxy) is 1. The van der Waals surface area contributed by atoms with Crippen LogP contribution in [0, 0.1) is 18.8 Å². The van der Waals surface area contributed by atoms with Crippen molar-refractivity contribution in [3.63, 3.8) is 0 Å². The number of methoxy groups -OCH3 is 1. The Bertz CT molecular complexity index is 733. The number of aryl methyl sites for hydroxylation is 1. The Hall–Kier alpha value is -2.38. The van der Waals surface area contributed by atoms with Gasteiger partial charge in [0, 0.05) is 17.3 Å². The van der Waals surface area contributed by atoms with Crippen LogP contribution in [0.15, 0.2) is 30.5 Å². The smallest absolute Gasteiger partial charge is 0.309 e. The molecule has 1 aromatic heterocycles. The fraction of sp³-hybridized carbons (Fsp3) is 0.188. The Labute approximate surface area is 128 Å². The van der Waals surface area contributed by atoms with Gasteiger partial charge in [-0.3, -0.25) is 4.79 Å². The van der Waals surface area contributed by atoms with Crippen molar-refractivity contribution >= 4 is 17.6 Å². The van der Waals surface area contributed by atoms with Gasteiger partial charge in [0.2, 0.25) is 5.28 Å². The lowest BCUT2D eigenvalue weighted by Crippen LogP contribution is -2.04. The van der Waals surface area contributed by atoms with Crippen LogP contribution in [-0.2, 0) is 16.0 Å². The third kappa shape index (κ3) is 4.30. The second-order valence-electron chi connectivity index (χ2n) is 4.37. The Morgan fingerprint density at radius 3 is 2.95 bits per heavy atom. The summed E-state index contributed by atoms with van der Waals surface area (Å²) in [6.45, 7) is 1.87. The van der Waals surface area contributed by atoms with Gasteiger partial charge in [-0.1, -0.05) is 18.1 Å². The Kier molecular flexibility index (Phi) is 4.91. The summed E-state index contributed by atoms with van der Waals surface area (Å²) in [5.41, 5.74) is 3.10. The number of rotatable bonds is 2. The van der Waals surface area contributed by atoms with Crippen molar-refractivity contribution in [1.29, 1.82) is 0 Å². The third-order valence-corrected chi connectivity index (χ3v) is 2.95. The number of aromatic nitrogens is 2. The molecule has 0 unspecified atom stereocenters. The molecule has 0 atom stereocenters. The highest BCUT2D eigenvalue weighted by atomic mass is 35.5. The van der Waals surface area contributed by atoms with E-state index in [0.29, 0.717) is 5.69 Å². The lowest BCUT2D eigenvalue weighted by atomic mass is 10.1. The monoisotopic (exact) mass is 300 g/mol. The first kappa shape index (κ1) is 15.0. The predicted molar refractivity (Wildman–Crippen MR) is 79.9 cm³/mol. The van der Waals surface area contributed by atoms with E-state index in [4.69, 9.17) is 11.6 Å². The van der Waals surface area contributed by atoms with Crippen LogP contribution in [0.4, 0.5) is 0 Å². The van der Waals surface area contributed by atoms with Crippen LogP contribution >= 0.6 is 11.6 Å². The van der Waals surface area contributed by atoms with Gasteiger partial charge in [-0.15, -0.1) is 0 Å². The van der Waals surface area contributed by atoms with E-state index in [2.05, 4.69) is 26.5 Å². The molecule has 0 bridgehead atoms. The van der Waals surface area contributed by atoms with Gasteiger partial charge in [-0.05, 0) is 42.1 Å². The summed E-state index contributed by atoms with van der Waals surface area (Å²) in [7, 11) is 1.37. The zero-order valence-corrected chi connectivity index (χ0v) is 12.4. The first-order valence-electron chi connectivity index (χ1n) is 6.25. The van der Waals surface area contributed by atoms with Crippen LogP contribution in [0.1, 0.15) is 22.4 Å². The Balaban J connectivity index is 2.24. The van der Waals surface area contributed by atoms with E-state index in [1.165, 1.54) is 7.11 Å². The van der Waals surface area contributed by atoms with Crippen LogP contribution in [0.3, 0.4) is 0 Å². The maximum atomic E-state index is 11.3. The average Bonchev–Trinajstić information content (AvgIpc) is 2.48. The summed E-state index contributed by atoms with van der Waals surface area (Å²) in [6, 6.07) is 7.42. The van der Waals surface area contributed by atoms with Crippen LogP contribution in [0.2, 0.25) is 5.28 Å². The van der Waals surface area contributed by atoms with Gasteiger partial charge in [0.15, 0.2) is 0 Å². The molecule has 0 saturated heterocycles. The normalized spacial score (nSPS) is 9.67. The molecule has 2 aromatic rings. The van der Waals surface area contributed by atoms with Crippen molar-refractivity contribution in [2.24, 2.45) is 0 Å². The Morgan fingerprint density at radius 2 is 2.19 bits per heavy atom. The summed E-state index contributed by atoms with van der Waals surface area (Å²) < 4.78 is 4.65. The molecular formula is C16H13ClN2O2.